The molecule has 4 heteroatoms. The van der Waals surface area contributed by atoms with Crippen molar-refractivity contribution in [3.8, 4) is 6.07 Å². The van der Waals surface area contributed by atoms with Gasteiger partial charge in [0, 0.05) is 24.2 Å². The Morgan fingerprint density at radius 2 is 2.10 bits per heavy atom. The van der Waals surface area contributed by atoms with Crippen LogP contribution in [0.1, 0.15) is 30.4 Å². The molecular weight excluding hydrogens is 270 g/mol. The molecule has 2 saturated heterocycles. The van der Waals surface area contributed by atoms with Gasteiger partial charge in [-0.3, -0.25) is 9.80 Å². The smallest absolute Gasteiger partial charge is 0.0992 e. The highest BCUT2D eigenvalue weighted by Crippen LogP contribution is 2.24. The number of rotatable bonds is 2. The van der Waals surface area contributed by atoms with Crippen molar-refractivity contribution in [1.29, 1.82) is 5.26 Å². The number of halogens is 1. The first-order chi connectivity index (χ1) is 9.76. The second-order valence-electron chi connectivity index (χ2n) is 5.84. The molecule has 1 atom stereocenters. The average molecular weight is 290 g/mol. The van der Waals surface area contributed by atoms with Crippen LogP contribution in [0.25, 0.3) is 0 Å². The van der Waals surface area contributed by atoms with Crippen LogP contribution in [0.4, 0.5) is 0 Å². The van der Waals surface area contributed by atoms with Crippen LogP contribution in [0.15, 0.2) is 18.2 Å². The van der Waals surface area contributed by atoms with Gasteiger partial charge in [0.2, 0.25) is 0 Å². The van der Waals surface area contributed by atoms with Crippen molar-refractivity contribution in [2.24, 2.45) is 0 Å². The van der Waals surface area contributed by atoms with Crippen molar-refractivity contribution >= 4 is 11.6 Å². The fourth-order valence-corrected chi connectivity index (χ4v) is 3.65. The van der Waals surface area contributed by atoms with Gasteiger partial charge in [0.05, 0.1) is 11.6 Å². The van der Waals surface area contributed by atoms with Gasteiger partial charge in [-0.2, -0.15) is 5.26 Å². The monoisotopic (exact) mass is 289 g/mol. The summed E-state index contributed by atoms with van der Waals surface area (Å²) in [5.41, 5.74) is 1.77. The van der Waals surface area contributed by atoms with Gasteiger partial charge >= 0.3 is 0 Å². The van der Waals surface area contributed by atoms with Crippen molar-refractivity contribution in [2.75, 3.05) is 26.2 Å². The zero-order valence-corrected chi connectivity index (χ0v) is 12.4. The molecule has 1 aromatic rings. The van der Waals surface area contributed by atoms with Gasteiger partial charge in [-0.1, -0.05) is 17.7 Å². The van der Waals surface area contributed by atoms with Gasteiger partial charge in [-0.15, -0.1) is 0 Å². The van der Waals surface area contributed by atoms with Crippen LogP contribution in [0, 0.1) is 11.3 Å². The molecule has 2 heterocycles. The van der Waals surface area contributed by atoms with Crippen LogP contribution in [-0.4, -0.2) is 42.0 Å². The molecule has 1 aromatic carbocycles. The first-order valence-corrected chi connectivity index (χ1v) is 7.79. The zero-order chi connectivity index (χ0) is 13.9. The number of nitrogens with zero attached hydrogens (tertiary/aromatic N) is 3. The van der Waals surface area contributed by atoms with E-state index in [0.717, 1.165) is 36.3 Å². The van der Waals surface area contributed by atoms with Gasteiger partial charge in [0.1, 0.15) is 0 Å². The Bertz CT molecular complexity index is 523. The first-order valence-electron chi connectivity index (χ1n) is 7.41. The summed E-state index contributed by atoms with van der Waals surface area (Å²) in [5, 5.41) is 9.61. The minimum Gasteiger partial charge on any atom is -0.299 e. The fourth-order valence-electron chi connectivity index (χ4n) is 3.41. The Morgan fingerprint density at radius 3 is 2.90 bits per heavy atom. The highest BCUT2D eigenvalue weighted by molar-refractivity contribution is 6.31. The van der Waals surface area contributed by atoms with Gasteiger partial charge in [-0.25, -0.2) is 0 Å². The normalized spacial score (nSPS) is 24.1. The summed E-state index contributed by atoms with van der Waals surface area (Å²) in [5.74, 6) is 0. The van der Waals surface area contributed by atoms with E-state index in [1.165, 1.54) is 32.4 Å². The maximum Gasteiger partial charge on any atom is 0.0992 e. The van der Waals surface area contributed by atoms with Gasteiger partial charge < -0.3 is 0 Å². The van der Waals surface area contributed by atoms with E-state index < -0.39 is 0 Å². The third-order valence-corrected chi connectivity index (χ3v) is 4.82. The topological polar surface area (TPSA) is 30.3 Å². The van der Waals surface area contributed by atoms with Crippen LogP contribution in [0.5, 0.6) is 0 Å². The lowest BCUT2D eigenvalue weighted by Gasteiger charge is -2.25. The van der Waals surface area contributed by atoms with E-state index in [2.05, 4.69) is 15.9 Å². The molecule has 2 aliphatic heterocycles. The molecular formula is C16H20ClN3. The standard InChI is InChI=1S/C16H20ClN3/c17-16-9-13(10-18)4-5-14(16)11-19-6-2-8-20-7-1-3-15(20)12-19/h4-5,9,15H,1-3,6-8,11-12H2. The predicted octanol–water partition coefficient (Wildman–Crippen LogP) is 2.88. The summed E-state index contributed by atoms with van der Waals surface area (Å²) in [4.78, 5) is 5.16. The van der Waals surface area contributed by atoms with Crippen LogP contribution >= 0.6 is 11.6 Å². The Labute approximate surface area is 125 Å². The van der Waals surface area contributed by atoms with Gasteiger partial charge in [-0.05, 0) is 56.6 Å². The number of hydrogen-bond donors (Lipinski definition) is 0. The second-order valence-corrected chi connectivity index (χ2v) is 6.25. The Kier molecular flexibility index (Phi) is 4.26. The quantitative estimate of drug-likeness (QED) is 0.839. The average Bonchev–Trinajstić information content (AvgIpc) is 2.80. The molecule has 2 aliphatic rings. The summed E-state index contributed by atoms with van der Waals surface area (Å²) in [7, 11) is 0. The van der Waals surface area contributed by atoms with Crippen molar-refractivity contribution < 1.29 is 0 Å². The molecule has 0 bridgehead atoms. The van der Waals surface area contributed by atoms with Crippen LogP contribution in [0.3, 0.4) is 0 Å². The molecule has 0 amide bonds. The molecule has 2 fully saturated rings. The zero-order valence-electron chi connectivity index (χ0n) is 11.7. The van der Waals surface area contributed by atoms with E-state index in [0.29, 0.717) is 5.56 Å². The van der Waals surface area contributed by atoms with E-state index in [1.807, 2.05) is 12.1 Å². The minimum absolute atomic E-state index is 0.636. The lowest BCUT2D eigenvalue weighted by Crippen LogP contribution is -2.36. The maximum absolute atomic E-state index is 8.89. The molecule has 1 unspecified atom stereocenters. The number of hydrogen-bond acceptors (Lipinski definition) is 3. The third kappa shape index (κ3) is 2.98. The third-order valence-electron chi connectivity index (χ3n) is 4.46. The molecule has 0 radical (unpaired) electrons. The molecule has 20 heavy (non-hydrogen) atoms. The summed E-state index contributed by atoms with van der Waals surface area (Å²) in [6.45, 7) is 5.70. The molecule has 0 N–H and O–H groups in total. The van der Waals surface area contributed by atoms with E-state index in [1.54, 1.807) is 6.07 Å². The van der Waals surface area contributed by atoms with E-state index in [-0.39, 0.29) is 0 Å². The lowest BCUT2D eigenvalue weighted by molar-refractivity contribution is 0.215. The molecule has 106 valence electrons. The van der Waals surface area contributed by atoms with Gasteiger partial charge in [0.25, 0.3) is 0 Å². The Morgan fingerprint density at radius 1 is 1.25 bits per heavy atom. The fraction of sp³-hybridized carbons (Fsp3) is 0.562. The number of fused-ring (bicyclic) bond motifs is 1. The first kappa shape index (κ1) is 13.9. The molecule has 0 saturated carbocycles. The van der Waals surface area contributed by atoms with E-state index >= 15 is 0 Å². The van der Waals surface area contributed by atoms with E-state index in [4.69, 9.17) is 16.9 Å². The highest BCUT2D eigenvalue weighted by atomic mass is 35.5. The van der Waals surface area contributed by atoms with Gasteiger partial charge in [0.15, 0.2) is 0 Å². The lowest BCUT2D eigenvalue weighted by atomic mass is 10.1. The van der Waals surface area contributed by atoms with Crippen molar-refractivity contribution in [3.63, 3.8) is 0 Å². The molecule has 0 spiro atoms. The predicted molar refractivity (Wildman–Crippen MR) is 80.7 cm³/mol. The van der Waals surface area contributed by atoms with Crippen LogP contribution in [-0.2, 0) is 6.54 Å². The highest BCUT2D eigenvalue weighted by Gasteiger charge is 2.28. The Balaban J connectivity index is 1.69. The molecule has 3 nitrogen and oxygen atoms in total. The summed E-state index contributed by atoms with van der Waals surface area (Å²) >= 11 is 6.29. The largest absolute Gasteiger partial charge is 0.299 e. The molecule has 0 aliphatic carbocycles. The van der Waals surface area contributed by atoms with E-state index in [9.17, 15) is 0 Å². The molecule has 3 rings (SSSR count). The molecule has 0 aromatic heterocycles. The Hall–Kier alpha value is -1.08. The number of benzene rings is 1. The second kappa shape index (κ2) is 6.13. The maximum atomic E-state index is 8.89. The van der Waals surface area contributed by atoms with Crippen molar-refractivity contribution in [3.05, 3.63) is 34.3 Å². The SMILES string of the molecule is N#Cc1ccc(CN2CCCN3CCCC3C2)c(Cl)c1. The van der Waals surface area contributed by atoms with Crippen LogP contribution in [0.2, 0.25) is 5.02 Å². The summed E-state index contributed by atoms with van der Waals surface area (Å²) in [6, 6.07) is 8.50. The number of nitriles is 1. The minimum atomic E-state index is 0.636. The summed E-state index contributed by atoms with van der Waals surface area (Å²) < 4.78 is 0. The van der Waals surface area contributed by atoms with Crippen LogP contribution < -0.4 is 0 Å². The summed E-state index contributed by atoms with van der Waals surface area (Å²) in [6.07, 6.45) is 3.91. The van der Waals surface area contributed by atoms with Crippen molar-refractivity contribution in [2.45, 2.75) is 31.8 Å². The van der Waals surface area contributed by atoms with Crippen molar-refractivity contribution in [1.82, 2.24) is 9.80 Å².